The van der Waals surface area contributed by atoms with Crippen molar-refractivity contribution in [3.63, 3.8) is 0 Å². The lowest BCUT2D eigenvalue weighted by molar-refractivity contribution is -0.128. The normalized spacial score (nSPS) is 11.8. The maximum Gasteiger partial charge on any atom is 0.257 e. The van der Waals surface area contributed by atoms with Crippen LogP contribution < -0.4 is 30.4 Å². The van der Waals surface area contributed by atoms with Gasteiger partial charge in [-0.1, -0.05) is 12.1 Å². The second-order valence-corrected chi connectivity index (χ2v) is 7.82. The summed E-state index contributed by atoms with van der Waals surface area (Å²) in [5.41, 5.74) is 5.01. The summed E-state index contributed by atoms with van der Waals surface area (Å²) in [6.45, 7) is 1.22. The number of carbonyl (C=O) groups excluding carboxylic acids is 2. The minimum absolute atomic E-state index is 0.0204. The van der Waals surface area contributed by atoms with Crippen LogP contribution in [0.5, 0.6) is 11.5 Å². The zero-order chi connectivity index (χ0) is 22.1. The number of amides is 2. The Balaban J connectivity index is 1.83. The fourth-order valence-electron chi connectivity index (χ4n) is 2.36. The van der Waals surface area contributed by atoms with E-state index in [9.17, 15) is 18.0 Å². The van der Waals surface area contributed by atoms with E-state index in [1.54, 1.807) is 24.3 Å². The summed E-state index contributed by atoms with van der Waals surface area (Å²) in [6, 6.07) is 11.6. The molecule has 0 saturated heterocycles. The van der Waals surface area contributed by atoms with Crippen molar-refractivity contribution >= 4 is 27.5 Å². The van der Waals surface area contributed by atoms with Crippen LogP contribution >= 0.6 is 0 Å². The Labute approximate surface area is 175 Å². The maximum absolute atomic E-state index is 12.4. The van der Waals surface area contributed by atoms with E-state index in [1.165, 1.54) is 45.4 Å². The molecule has 0 aliphatic rings. The third-order valence-electron chi connectivity index (χ3n) is 3.97. The Hall–Kier alpha value is -3.31. The van der Waals surface area contributed by atoms with Crippen molar-refractivity contribution in [1.29, 1.82) is 0 Å². The van der Waals surface area contributed by atoms with E-state index in [2.05, 4.69) is 20.9 Å². The molecular formula is C19H24N4O6S. The third-order valence-corrected chi connectivity index (χ3v) is 5.52. The van der Waals surface area contributed by atoms with Crippen LogP contribution in [-0.4, -0.2) is 47.0 Å². The highest BCUT2D eigenvalue weighted by Gasteiger charge is 2.22. The summed E-state index contributed by atoms with van der Waals surface area (Å²) in [6.07, 6.45) is 0. The van der Waals surface area contributed by atoms with Crippen molar-refractivity contribution in [2.24, 2.45) is 0 Å². The minimum Gasteiger partial charge on any atom is -0.497 e. The van der Waals surface area contributed by atoms with Gasteiger partial charge in [0.25, 0.3) is 11.8 Å². The van der Waals surface area contributed by atoms with Gasteiger partial charge < -0.3 is 14.8 Å². The summed E-state index contributed by atoms with van der Waals surface area (Å²) >= 11 is 0. The monoisotopic (exact) mass is 436 g/mol. The molecule has 0 aliphatic carbocycles. The molecule has 162 valence electrons. The van der Waals surface area contributed by atoms with Crippen molar-refractivity contribution in [3.05, 3.63) is 48.5 Å². The second-order valence-electron chi connectivity index (χ2n) is 6.11. The molecule has 0 spiro atoms. The van der Waals surface area contributed by atoms with E-state index in [1.807, 2.05) is 0 Å². The molecule has 2 rings (SSSR count). The Bertz CT molecular complexity index is 979. The van der Waals surface area contributed by atoms with E-state index in [-0.39, 0.29) is 11.4 Å². The first-order chi connectivity index (χ1) is 14.3. The van der Waals surface area contributed by atoms with Crippen molar-refractivity contribution in [3.8, 4) is 11.5 Å². The molecule has 0 heterocycles. The van der Waals surface area contributed by atoms with Crippen LogP contribution in [0.3, 0.4) is 0 Å². The molecule has 0 aliphatic heterocycles. The maximum atomic E-state index is 12.4. The highest BCUT2D eigenvalue weighted by Crippen LogP contribution is 2.22. The fraction of sp³-hybridized carbons (Fsp3) is 0.263. The van der Waals surface area contributed by atoms with Gasteiger partial charge in [-0.3, -0.25) is 20.4 Å². The lowest BCUT2D eigenvalue weighted by Gasteiger charge is -2.15. The van der Waals surface area contributed by atoms with E-state index >= 15 is 0 Å². The highest BCUT2D eigenvalue weighted by atomic mass is 32.2. The number of sulfonamides is 1. The first-order valence-electron chi connectivity index (χ1n) is 8.89. The molecule has 0 aromatic heterocycles. The number of methoxy groups -OCH3 is 2. The SMILES string of the molecule is COc1ccc(S(=O)(=O)N[C@@H](C)C(=O)NNC(=O)CNc2ccccc2OC)cc1. The van der Waals surface area contributed by atoms with Crippen LogP contribution in [0.1, 0.15) is 6.92 Å². The van der Waals surface area contributed by atoms with Crippen molar-refractivity contribution in [2.45, 2.75) is 17.9 Å². The van der Waals surface area contributed by atoms with Crippen LogP contribution in [0.2, 0.25) is 0 Å². The largest absolute Gasteiger partial charge is 0.497 e. The molecule has 0 fully saturated rings. The van der Waals surface area contributed by atoms with Gasteiger partial charge in [0.1, 0.15) is 11.5 Å². The van der Waals surface area contributed by atoms with Gasteiger partial charge in [0, 0.05) is 0 Å². The van der Waals surface area contributed by atoms with Gasteiger partial charge in [0.05, 0.1) is 37.4 Å². The molecule has 10 nitrogen and oxygen atoms in total. The Kier molecular flexibility index (Phi) is 8.01. The number of rotatable bonds is 9. The average molecular weight is 436 g/mol. The molecule has 30 heavy (non-hydrogen) atoms. The standard InChI is InChI=1S/C19H24N4O6S/c1-13(23-30(26,27)15-10-8-14(28-2)9-11-15)19(25)22-21-18(24)12-20-16-6-4-5-7-17(16)29-3/h4-11,13,20,23H,12H2,1-3H3,(H,21,24)(H,22,25)/t13-/m0/s1. The van der Waals surface area contributed by atoms with Crippen molar-refractivity contribution < 1.29 is 27.5 Å². The number of anilines is 1. The molecule has 1 atom stereocenters. The van der Waals surface area contributed by atoms with E-state index in [0.29, 0.717) is 17.2 Å². The predicted molar refractivity (Wildman–Crippen MR) is 111 cm³/mol. The third kappa shape index (κ3) is 6.36. The lowest BCUT2D eigenvalue weighted by atomic mass is 10.3. The molecule has 11 heteroatoms. The zero-order valence-corrected chi connectivity index (χ0v) is 17.6. The quantitative estimate of drug-likeness (QED) is 0.424. The van der Waals surface area contributed by atoms with Gasteiger partial charge in [-0.25, -0.2) is 8.42 Å². The van der Waals surface area contributed by atoms with Crippen LogP contribution in [0, 0.1) is 0 Å². The van der Waals surface area contributed by atoms with Crippen molar-refractivity contribution in [2.75, 3.05) is 26.1 Å². The number of nitrogens with one attached hydrogen (secondary N) is 4. The molecule has 0 unspecified atom stereocenters. The first-order valence-corrected chi connectivity index (χ1v) is 10.4. The fourth-order valence-corrected chi connectivity index (χ4v) is 3.56. The Morgan fingerprint density at radius 1 is 0.967 bits per heavy atom. The van der Waals surface area contributed by atoms with E-state index in [0.717, 1.165) is 0 Å². The summed E-state index contributed by atoms with van der Waals surface area (Å²) in [7, 11) is -0.952. The van der Waals surface area contributed by atoms with Crippen LogP contribution in [0.25, 0.3) is 0 Å². The number of carbonyl (C=O) groups is 2. The summed E-state index contributed by atoms with van der Waals surface area (Å²) in [5.74, 6) is -0.183. The average Bonchev–Trinajstić information content (AvgIpc) is 2.75. The number of benzene rings is 2. The number of hydrogen-bond acceptors (Lipinski definition) is 7. The van der Waals surface area contributed by atoms with Crippen LogP contribution in [0.4, 0.5) is 5.69 Å². The van der Waals surface area contributed by atoms with Gasteiger partial charge in [-0.15, -0.1) is 0 Å². The zero-order valence-electron chi connectivity index (χ0n) is 16.8. The second kappa shape index (κ2) is 10.5. The molecule has 0 radical (unpaired) electrons. The van der Waals surface area contributed by atoms with Gasteiger partial charge >= 0.3 is 0 Å². The molecular weight excluding hydrogens is 412 g/mol. The minimum atomic E-state index is -3.93. The number of ether oxygens (including phenoxy) is 2. The van der Waals surface area contributed by atoms with Crippen LogP contribution in [-0.2, 0) is 19.6 Å². The molecule has 2 amide bonds. The van der Waals surface area contributed by atoms with Gasteiger partial charge in [-0.2, -0.15) is 4.72 Å². The number of para-hydroxylation sites is 2. The number of hydrazine groups is 1. The van der Waals surface area contributed by atoms with Gasteiger partial charge in [0.2, 0.25) is 10.0 Å². The van der Waals surface area contributed by atoms with E-state index in [4.69, 9.17) is 9.47 Å². The van der Waals surface area contributed by atoms with Gasteiger partial charge in [0.15, 0.2) is 0 Å². The molecule has 2 aromatic rings. The summed E-state index contributed by atoms with van der Waals surface area (Å²) in [5, 5.41) is 2.88. The van der Waals surface area contributed by atoms with E-state index < -0.39 is 27.9 Å². The van der Waals surface area contributed by atoms with Crippen LogP contribution in [0.15, 0.2) is 53.4 Å². The van der Waals surface area contributed by atoms with Crippen molar-refractivity contribution in [1.82, 2.24) is 15.6 Å². The lowest BCUT2D eigenvalue weighted by Crippen LogP contribution is -2.52. The highest BCUT2D eigenvalue weighted by molar-refractivity contribution is 7.89. The Morgan fingerprint density at radius 3 is 2.27 bits per heavy atom. The molecule has 0 bridgehead atoms. The summed E-state index contributed by atoms with van der Waals surface area (Å²) in [4.78, 5) is 24.0. The first kappa shape index (κ1) is 23.0. The predicted octanol–water partition coefficient (Wildman–Crippen LogP) is 0.630. The summed E-state index contributed by atoms with van der Waals surface area (Å²) < 4.78 is 37.1. The molecule has 0 saturated carbocycles. The molecule has 4 N–H and O–H groups in total. The smallest absolute Gasteiger partial charge is 0.257 e. The number of hydrogen-bond donors (Lipinski definition) is 4. The van der Waals surface area contributed by atoms with Gasteiger partial charge in [-0.05, 0) is 43.3 Å². The topological polar surface area (TPSA) is 135 Å². The molecule has 2 aromatic carbocycles. The Morgan fingerprint density at radius 2 is 1.63 bits per heavy atom.